The van der Waals surface area contributed by atoms with E-state index in [0.29, 0.717) is 19.5 Å². The van der Waals surface area contributed by atoms with Crippen LogP contribution in [0.15, 0.2) is 24.4 Å². The lowest BCUT2D eigenvalue weighted by Crippen LogP contribution is -2.28. The largest absolute Gasteiger partial charge is 0.481 e. The molecule has 1 unspecified atom stereocenters. The summed E-state index contributed by atoms with van der Waals surface area (Å²) < 4.78 is 0. The molecule has 0 radical (unpaired) electrons. The van der Waals surface area contributed by atoms with Crippen LogP contribution in [0.5, 0.6) is 0 Å². The van der Waals surface area contributed by atoms with E-state index in [2.05, 4.69) is 10.2 Å². The molecule has 1 amide bonds. The highest BCUT2D eigenvalue weighted by Gasteiger charge is 2.33. The zero-order valence-corrected chi connectivity index (χ0v) is 10.9. The fraction of sp³-hybridized carbons (Fsp3) is 0.357. The van der Waals surface area contributed by atoms with Gasteiger partial charge in [-0.2, -0.15) is 5.10 Å². The Morgan fingerprint density at radius 1 is 1.50 bits per heavy atom. The summed E-state index contributed by atoms with van der Waals surface area (Å²) in [5.74, 6) is -1.53. The van der Waals surface area contributed by atoms with Crippen LogP contribution in [0.4, 0.5) is 0 Å². The number of carbonyl (C=O) groups excluding carboxylic acids is 1. The summed E-state index contributed by atoms with van der Waals surface area (Å²) >= 11 is 0. The van der Waals surface area contributed by atoms with Crippen LogP contribution in [0.2, 0.25) is 0 Å². The Labute approximate surface area is 115 Å². The zero-order chi connectivity index (χ0) is 14.1. The number of hydrogen-bond acceptors (Lipinski definition) is 3. The molecule has 1 atom stereocenters. The SMILES string of the molecule is O=C(O)C1CC(=O)N(CCc2cccc3[nH]ncc23)C1. The van der Waals surface area contributed by atoms with Crippen LogP contribution in [0.1, 0.15) is 12.0 Å². The number of carboxylic acid groups (broad SMARTS) is 1. The van der Waals surface area contributed by atoms with Gasteiger partial charge in [0.05, 0.1) is 17.6 Å². The van der Waals surface area contributed by atoms with Gasteiger partial charge in [-0.25, -0.2) is 0 Å². The van der Waals surface area contributed by atoms with Crippen LogP contribution < -0.4 is 0 Å². The predicted molar refractivity (Wildman–Crippen MR) is 72.1 cm³/mol. The average molecular weight is 273 g/mol. The van der Waals surface area contributed by atoms with Crippen molar-refractivity contribution in [3.05, 3.63) is 30.0 Å². The topological polar surface area (TPSA) is 86.3 Å². The third-order valence-electron chi connectivity index (χ3n) is 3.79. The number of fused-ring (bicyclic) bond motifs is 1. The van der Waals surface area contributed by atoms with Gasteiger partial charge in [-0.05, 0) is 18.1 Å². The first-order valence-electron chi connectivity index (χ1n) is 6.56. The Kier molecular flexibility index (Phi) is 3.14. The summed E-state index contributed by atoms with van der Waals surface area (Å²) in [6.07, 6.45) is 2.59. The first kappa shape index (κ1) is 12.7. The van der Waals surface area contributed by atoms with E-state index in [-0.39, 0.29) is 12.3 Å². The van der Waals surface area contributed by atoms with Crippen LogP contribution in [-0.2, 0) is 16.0 Å². The average Bonchev–Trinajstić information content (AvgIpc) is 3.03. The Morgan fingerprint density at radius 2 is 2.35 bits per heavy atom. The van der Waals surface area contributed by atoms with Crippen molar-refractivity contribution in [2.24, 2.45) is 5.92 Å². The van der Waals surface area contributed by atoms with Gasteiger partial charge in [-0.15, -0.1) is 0 Å². The van der Waals surface area contributed by atoms with E-state index < -0.39 is 11.9 Å². The van der Waals surface area contributed by atoms with Crippen molar-refractivity contribution in [3.8, 4) is 0 Å². The summed E-state index contributed by atoms with van der Waals surface area (Å²) in [4.78, 5) is 24.3. The highest BCUT2D eigenvalue weighted by molar-refractivity contribution is 5.86. The molecule has 1 aromatic carbocycles. The van der Waals surface area contributed by atoms with Crippen molar-refractivity contribution in [1.29, 1.82) is 0 Å². The van der Waals surface area contributed by atoms with Gasteiger partial charge in [-0.3, -0.25) is 14.7 Å². The van der Waals surface area contributed by atoms with Crippen molar-refractivity contribution in [1.82, 2.24) is 15.1 Å². The number of aromatic nitrogens is 2. The maximum absolute atomic E-state index is 11.8. The van der Waals surface area contributed by atoms with E-state index in [9.17, 15) is 9.59 Å². The Bertz CT molecular complexity index is 664. The molecule has 0 saturated carbocycles. The van der Waals surface area contributed by atoms with Crippen LogP contribution in [0.25, 0.3) is 10.9 Å². The molecule has 20 heavy (non-hydrogen) atoms. The van der Waals surface area contributed by atoms with Gasteiger partial charge in [0.2, 0.25) is 5.91 Å². The zero-order valence-electron chi connectivity index (χ0n) is 10.9. The number of nitrogens with zero attached hydrogens (tertiary/aromatic N) is 2. The van der Waals surface area contributed by atoms with Crippen molar-refractivity contribution < 1.29 is 14.7 Å². The molecule has 1 fully saturated rings. The van der Waals surface area contributed by atoms with Crippen molar-refractivity contribution in [3.63, 3.8) is 0 Å². The molecule has 3 rings (SSSR count). The maximum Gasteiger partial charge on any atom is 0.308 e. The van der Waals surface area contributed by atoms with Crippen LogP contribution in [0.3, 0.4) is 0 Å². The number of aromatic amines is 1. The third kappa shape index (κ3) is 2.24. The van der Waals surface area contributed by atoms with Crippen LogP contribution in [0, 0.1) is 5.92 Å². The maximum atomic E-state index is 11.8. The number of rotatable bonds is 4. The van der Waals surface area contributed by atoms with Crippen LogP contribution in [-0.4, -0.2) is 45.2 Å². The number of carboxylic acids is 1. The second-order valence-corrected chi connectivity index (χ2v) is 5.08. The monoisotopic (exact) mass is 273 g/mol. The summed E-state index contributed by atoms with van der Waals surface area (Å²) in [6.45, 7) is 0.864. The van der Waals surface area contributed by atoms with Gasteiger partial charge in [-0.1, -0.05) is 12.1 Å². The third-order valence-corrected chi connectivity index (χ3v) is 3.79. The van der Waals surface area contributed by atoms with E-state index in [1.807, 2.05) is 18.2 Å². The molecule has 2 aromatic rings. The second kappa shape index (κ2) is 4.96. The molecule has 104 valence electrons. The Morgan fingerprint density at radius 3 is 3.10 bits per heavy atom. The number of carbonyl (C=O) groups is 2. The number of amides is 1. The molecule has 2 N–H and O–H groups in total. The van der Waals surface area contributed by atoms with Crippen LogP contribution >= 0.6 is 0 Å². The lowest BCUT2D eigenvalue weighted by Gasteiger charge is -2.16. The molecule has 1 aliphatic heterocycles. The number of hydrogen-bond donors (Lipinski definition) is 2. The molecule has 6 nitrogen and oxygen atoms in total. The van der Waals surface area contributed by atoms with E-state index in [0.717, 1.165) is 16.5 Å². The summed E-state index contributed by atoms with van der Waals surface area (Å²) in [5, 5.41) is 16.9. The molecule has 1 aromatic heterocycles. The fourth-order valence-corrected chi connectivity index (χ4v) is 2.66. The molecule has 1 saturated heterocycles. The first-order valence-corrected chi connectivity index (χ1v) is 6.56. The van der Waals surface area contributed by atoms with E-state index in [1.54, 1.807) is 11.1 Å². The van der Waals surface area contributed by atoms with Crippen molar-refractivity contribution in [2.75, 3.05) is 13.1 Å². The highest BCUT2D eigenvalue weighted by atomic mass is 16.4. The molecule has 2 heterocycles. The van der Waals surface area contributed by atoms with Gasteiger partial charge < -0.3 is 10.0 Å². The number of nitrogens with one attached hydrogen (secondary N) is 1. The number of aliphatic carboxylic acids is 1. The predicted octanol–water partition coefficient (Wildman–Crippen LogP) is 1.04. The highest BCUT2D eigenvalue weighted by Crippen LogP contribution is 2.20. The number of benzene rings is 1. The lowest BCUT2D eigenvalue weighted by atomic mass is 10.1. The lowest BCUT2D eigenvalue weighted by molar-refractivity contribution is -0.141. The van der Waals surface area contributed by atoms with Gasteiger partial charge in [0.15, 0.2) is 0 Å². The number of likely N-dealkylation sites (tertiary alicyclic amines) is 1. The molecular formula is C14H15N3O3. The van der Waals surface area contributed by atoms with Gasteiger partial charge in [0.1, 0.15) is 0 Å². The summed E-state index contributed by atoms with van der Waals surface area (Å²) in [5.41, 5.74) is 2.08. The fourth-order valence-electron chi connectivity index (χ4n) is 2.66. The Hall–Kier alpha value is -2.37. The smallest absolute Gasteiger partial charge is 0.308 e. The van der Waals surface area contributed by atoms with Crippen molar-refractivity contribution >= 4 is 22.8 Å². The molecule has 0 aliphatic carbocycles. The molecule has 6 heteroatoms. The van der Waals surface area contributed by atoms with Crippen molar-refractivity contribution in [2.45, 2.75) is 12.8 Å². The van der Waals surface area contributed by atoms with E-state index in [4.69, 9.17) is 5.11 Å². The van der Waals surface area contributed by atoms with E-state index in [1.165, 1.54) is 0 Å². The Balaban J connectivity index is 1.69. The standard InChI is InChI=1S/C14H15N3O3/c18-13-6-10(14(19)20)8-17(13)5-4-9-2-1-3-12-11(9)7-15-16-12/h1-3,7,10H,4-6,8H2,(H,15,16)(H,19,20). The molecule has 1 aliphatic rings. The minimum atomic E-state index is -0.891. The summed E-state index contributed by atoms with van der Waals surface area (Å²) in [6, 6.07) is 5.90. The van der Waals surface area contributed by atoms with E-state index >= 15 is 0 Å². The normalized spacial score (nSPS) is 18.9. The minimum absolute atomic E-state index is 0.0724. The van der Waals surface area contributed by atoms with Gasteiger partial charge >= 0.3 is 5.97 Å². The molecule has 0 spiro atoms. The van der Waals surface area contributed by atoms with Gasteiger partial charge in [0.25, 0.3) is 0 Å². The first-order chi connectivity index (χ1) is 9.65. The molecule has 0 bridgehead atoms. The van der Waals surface area contributed by atoms with Gasteiger partial charge in [0, 0.05) is 24.9 Å². The molecular weight excluding hydrogens is 258 g/mol. The summed E-state index contributed by atoms with van der Waals surface area (Å²) in [7, 11) is 0. The number of H-pyrrole nitrogens is 1. The quantitative estimate of drug-likeness (QED) is 0.871. The minimum Gasteiger partial charge on any atom is -0.481 e. The second-order valence-electron chi connectivity index (χ2n) is 5.08.